The summed E-state index contributed by atoms with van der Waals surface area (Å²) in [4.78, 5) is 19.4. The molecule has 0 atom stereocenters. The molecule has 0 saturated carbocycles. The van der Waals surface area contributed by atoms with Gasteiger partial charge in [-0.3, -0.25) is 4.79 Å². The number of hydrogen-bond donors (Lipinski definition) is 1. The maximum Gasteiger partial charge on any atom is 0.319 e. The van der Waals surface area contributed by atoms with E-state index in [-0.39, 0.29) is 29.6 Å². The SMILES string of the molecule is COc1ccc2c(c1)c(CCC(=O)O)cn2S(=O)(=O)c1cccc(-c2cnc(OC)nc2OC)c1. The van der Waals surface area contributed by atoms with Crippen molar-refractivity contribution < 1.29 is 32.5 Å². The lowest BCUT2D eigenvalue weighted by molar-refractivity contribution is -0.136. The smallest absolute Gasteiger partial charge is 0.319 e. The molecule has 11 heteroatoms. The highest BCUT2D eigenvalue weighted by Crippen LogP contribution is 2.33. The number of carboxylic acids is 1. The molecule has 0 saturated heterocycles. The first-order valence-electron chi connectivity index (χ1n) is 10.5. The summed E-state index contributed by atoms with van der Waals surface area (Å²) in [7, 11) is 0.348. The van der Waals surface area contributed by atoms with Crippen LogP contribution in [0.4, 0.5) is 0 Å². The second-order valence-corrected chi connectivity index (χ2v) is 9.35. The second kappa shape index (κ2) is 9.63. The summed E-state index contributed by atoms with van der Waals surface area (Å²) in [5, 5.41) is 9.74. The summed E-state index contributed by atoms with van der Waals surface area (Å²) in [6.45, 7) is 0. The topological polar surface area (TPSA) is 130 Å². The van der Waals surface area contributed by atoms with Gasteiger partial charge < -0.3 is 19.3 Å². The number of methoxy groups -OCH3 is 3. The number of nitrogens with zero attached hydrogens (tertiary/aromatic N) is 3. The molecule has 0 bridgehead atoms. The maximum atomic E-state index is 13.7. The molecule has 10 nitrogen and oxygen atoms in total. The summed E-state index contributed by atoms with van der Waals surface area (Å²) in [5.74, 6) is -0.196. The number of carbonyl (C=O) groups is 1. The monoisotopic (exact) mass is 497 g/mol. The van der Waals surface area contributed by atoms with E-state index in [1.165, 1.54) is 49.8 Å². The lowest BCUT2D eigenvalue weighted by Gasteiger charge is -2.11. The van der Waals surface area contributed by atoms with Crippen molar-refractivity contribution >= 4 is 26.9 Å². The molecule has 2 aromatic heterocycles. The maximum absolute atomic E-state index is 13.7. The lowest BCUT2D eigenvalue weighted by Crippen LogP contribution is -2.12. The molecule has 2 aromatic carbocycles. The molecule has 2 heterocycles. The minimum Gasteiger partial charge on any atom is -0.497 e. The number of aliphatic carboxylic acids is 1. The van der Waals surface area contributed by atoms with E-state index in [1.807, 2.05) is 0 Å². The Balaban J connectivity index is 1.84. The Morgan fingerprint density at radius 1 is 1.06 bits per heavy atom. The van der Waals surface area contributed by atoms with Crippen molar-refractivity contribution in [2.75, 3.05) is 21.3 Å². The minimum absolute atomic E-state index is 0.0328. The average Bonchev–Trinajstić information content (AvgIpc) is 3.25. The first-order chi connectivity index (χ1) is 16.8. The molecule has 0 fully saturated rings. The molecular formula is C24H23N3O7S. The van der Waals surface area contributed by atoms with E-state index in [1.54, 1.807) is 30.3 Å². The Hall–Kier alpha value is -4.12. The van der Waals surface area contributed by atoms with Crippen LogP contribution in [0.1, 0.15) is 12.0 Å². The number of aromatic nitrogens is 3. The summed E-state index contributed by atoms with van der Waals surface area (Å²) >= 11 is 0. The Kier molecular flexibility index (Phi) is 6.61. The summed E-state index contributed by atoms with van der Waals surface area (Å²) in [6, 6.07) is 11.5. The van der Waals surface area contributed by atoms with E-state index in [2.05, 4.69) is 9.97 Å². The second-order valence-electron chi connectivity index (χ2n) is 7.54. The van der Waals surface area contributed by atoms with E-state index >= 15 is 0 Å². The van der Waals surface area contributed by atoms with Crippen LogP contribution in [0.5, 0.6) is 17.6 Å². The van der Waals surface area contributed by atoms with Crippen LogP contribution in [0.2, 0.25) is 0 Å². The zero-order valence-corrected chi connectivity index (χ0v) is 20.1. The fourth-order valence-electron chi connectivity index (χ4n) is 3.75. The summed E-state index contributed by atoms with van der Waals surface area (Å²) in [6.07, 6.45) is 2.99. The van der Waals surface area contributed by atoms with Gasteiger partial charge in [-0.1, -0.05) is 12.1 Å². The average molecular weight is 498 g/mol. The van der Waals surface area contributed by atoms with Crippen LogP contribution >= 0.6 is 0 Å². The molecule has 4 aromatic rings. The third-order valence-electron chi connectivity index (χ3n) is 5.48. The van der Waals surface area contributed by atoms with Crippen molar-refractivity contribution in [3.8, 4) is 28.8 Å². The number of carboxylic acid groups (broad SMARTS) is 1. The van der Waals surface area contributed by atoms with Gasteiger partial charge in [-0.25, -0.2) is 17.4 Å². The van der Waals surface area contributed by atoms with Crippen LogP contribution < -0.4 is 14.2 Å². The van der Waals surface area contributed by atoms with Crippen LogP contribution in [-0.2, 0) is 21.2 Å². The van der Waals surface area contributed by atoms with Crippen molar-refractivity contribution in [2.24, 2.45) is 0 Å². The van der Waals surface area contributed by atoms with Crippen LogP contribution in [0.25, 0.3) is 22.0 Å². The van der Waals surface area contributed by atoms with Crippen LogP contribution in [0.3, 0.4) is 0 Å². The highest BCUT2D eigenvalue weighted by molar-refractivity contribution is 7.90. The third-order valence-corrected chi connectivity index (χ3v) is 7.15. The molecule has 0 amide bonds. The van der Waals surface area contributed by atoms with Gasteiger partial charge in [-0.15, -0.1) is 0 Å². The molecule has 0 radical (unpaired) electrons. The first kappa shape index (κ1) is 24.0. The van der Waals surface area contributed by atoms with Crippen LogP contribution in [0.15, 0.2) is 59.8 Å². The quantitative estimate of drug-likeness (QED) is 0.370. The fourth-order valence-corrected chi connectivity index (χ4v) is 5.19. The predicted molar refractivity (Wildman–Crippen MR) is 128 cm³/mol. The molecule has 0 aliphatic carbocycles. The zero-order chi connectivity index (χ0) is 25.2. The van der Waals surface area contributed by atoms with Gasteiger partial charge in [0.1, 0.15) is 5.75 Å². The number of aryl methyl sites for hydroxylation is 1. The number of rotatable bonds is 9. The Morgan fingerprint density at radius 3 is 2.54 bits per heavy atom. The summed E-state index contributed by atoms with van der Waals surface area (Å²) < 4.78 is 44.3. The van der Waals surface area contributed by atoms with Gasteiger partial charge in [0.15, 0.2) is 0 Å². The standard InChI is InChI=1S/C24H23N3O7S/c1-32-17-8-9-21-19(12-17)16(7-10-22(28)29)14-27(21)35(30,31)18-6-4-5-15(11-18)20-13-25-24(34-3)26-23(20)33-2/h4-6,8-9,11-14H,7,10H2,1-3H3,(H,28,29). The van der Waals surface area contributed by atoms with Gasteiger partial charge in [0, 0.05) is 24.2 Å². The van der Waals surface area contributed by atoms with E-state index in [0.29, 0.717) is 33.3 Å². The number of fused-ring (bicyclic) bond motifs is 1. The predicted octanol–water partition coefficient (Wildman–Crippen LogP) is 3.38. The Morgan fingerprint density at radius 2 is 1.86 bits per heavy atom. The molecule has 35 heavy (non-hydrogen) atoms. The lowest BCUT2D eigenvalue weighted by atomic mass is 10.1. The molecule has 182 valence electrons. The molecule has 0 aliphatic rings. The summed E-state index contributed by atoms with van der Waals surface area (Å²) in [5.41, 5.74) is 2.04. The van der Waals surface area contributed by atoms with Gasteiger partial charge in [0.25, 0.3) is 10.0 Å². The van der Waals surface area contributed by atoms with Crippen molar-refractivity contribution in [1.82, 2.24) is 13.9 Å². The van der Waals surface area contributed by atoms with E-state index in [4.69, 9.17) is 19.3 Å². The van der Waals surface area contributed by atoms with Crippen LogP contribution in [0, 0.1) is 0 Å². The molecule has 0 unspecified atom stereocenters. The molecule has 0 spiro atoms. The largest absolute Gasteiger partial charge is 0.497 e. The number of ether oxygens (including phenoxy) is 3. The normalized spacial score (nSPS) is 11.4. The van der Waals surface area contributed by atoms with Gasteiger partial charge >= 0.3 is 12.0 Å². The first-order valence-corrected chi connectivity index (χ1v) is 11.9. The number of benzene rings is 2. The van der Waals surface area contributed by atoms with E-state index < -0.39 is 16.0 Å². The van der Waals surface area contributed by atoms with E-state index in [0.717, 1.165) is 0 Å². The van der Waals surface area contributed by atoms with Gasteiger partial charge in [0.05, 0.1) is 37.3 Å². The van der Waals surface area contributed by atoms with E-state index in [9.17, 15) is 13.2 Å². The third kappa shape index (κ3) is 4.62. The van der Waals surface area contributed by atoms with Gasteiger partial charge in [0.2, 0.25) is 5.88 Å². The van der Waals surface area contributed by atoms with Gasteiger partial charge in [-0.05, 0) is 47.9 Å². The molecule has 1 N–H and O–H groups in total. The Bertz CT molecular complexity index is 1510. The van der Waals surface area contributed by atoms with Crippen LogP contribution in [-0.4, -0.2) is 54.8 Å². The number of hydrogen-bond acceptors (Lipinski definition) is 8. The Labute approximate surface area is 201 Å². The van der Waals surface area contributed by atoms with Crippen molar-refractivity contribution in [1.29, 1.82) is 0 Å². The van der Waals surface area contributed by atoms with Crippen molar-refractivity contribution in [2.45, 2.75) is 17.7 Å². The minimum atomic E-state index is -4.04. The highest BCUT2D eigenvalue weighted by Gasteiger charge is 2.23. The molecule has 4 rings (SSSR count). The van der Waals surface area contributed by atoms with Crippen molar-refractivity contribution in [3.05, 3.63) is 60.4 Å². The van der Waals surface area contributed by atoms with Gasteiger partial charge in [-0.2, -0.15) is 4.98 Å². The highest BCUT2D eigenvalue weighted by atomic mass is 32.2. The fraction of sp³-hybridized carbons (Fsp3) is 0.208. The molecular weight excluding hydrogens is 474 g/mol. The zero-order valence-electron chi connectivity index (χ0n) is 19.3. The van der Waals surface area contributed by atoms with Crippen molar-refractivity contribution in [3.63, 3.8) is 0 Å². The molecule has 0 aliphatic heterocycles.